The minimum atomic E-state index is -4.33. The van der Waals surface area contributed by atoms with Crippen LogP contribution in [0.5, 0.6) is 0 Å². The maximum Gasteiger partial charge on any atom is 0.446 e. The zero-order valence-electron chi connectivity index (χ0n) is 9.06. The number of rotatable bonds is 5. The molecule has 0 heterocycles. The summed E-state index contributed by atoms with van der Waals surface area (Å²) in [6.45, 7) is 0. The average Bonchev–Trinajstić information content (AvgIpc) is 2.27. The molecule has 0 radical (unpaired) electrons. The lowest BCUT2D eigenvalue weighted by Crippen LogP contribution is -2.04. The quantitative estimate of drug-likeness (QED) is 0.417. The predicted molar refractivity (Wildman–Crippen MR) is 70.7 cm³/mol. The van der Waals surface area contributed by atoms with Crippen molar-refractivity contribution in [3.63, 3.8) is 0 Å². The first-order valence-corrected chi connectivity index (χ1v) is 7.38. The fourth-order valence-corrected chi connectivity index (χ4v) is 2.78. The number of hydrogen-bond donors (Lipinski definition) is 0. The molecule has 1 rings (SSSR count). The number of ketones is 1. The summed E-state index contributed by atoms with van der Waals surface area (Å²) in [4.78, 5) is 11.7. The van der Waals surface area contributed by atoms with Gasteiger partial charge in [0.25, 0.3) is 0 Å². The van der Waals surface area contributed by atoms with E-state index in [9.17, 15) is 18.0 Å². The number of alkyl halides is 5. The Morgan fingerprint density at radius 3 is 2.56 bits per heavy atom. The van der Waals surface area contributed by atoms with E-state index in [2.05, 4.69) is 15.9 Å². The van der Waals surface area contributed by atoms with Gasteiger partial charge in [-0.25, -0.2) is 0 Å². The Balaban J connectivity index is 3.00. The van der Waals surface area contributed by atoms with Crippen molar-refractivity contribution in [1.82, 2.24) is 0 Å². The van der Waals surface area contributed by atoms with E-state index >= 15 is 0 Å². The highest BCUT2D eigenvalue weighted by molar-refractivity contribution is 9.08. The largest absolute Gasteiger partial charge is 0.446 e. The zero-order chi connectivity index (χ0) is 13.8. The first kappa shape index (κ1) is 15.9. The molecule has 0 atom stereocenters. The molecule has 0 aliphatic heterocycles. The molecule has 18 heavy (non-hydrogen) atoms. The maximum atomic E-state index is 12.3. The SMILES string of the molecule is O=C(CCCl)c1ccc(SC(F)(F)F)c(CBr)c1. The first-order valence-electron chi connectivity index (χ1n) is 4.91. The summed E-state index contributed by atoms with van der Waals surface area (Å²) < 4.78 is 36.9. The van der Waals surface area contributed by atoms with Crippen LogP contribution in [0.4, 0.5) is 13.2 Å². The summed E-state index contributed by atoms with van der Waals surface area (Å²) in [7, 11) is 0. The molecule has 100 valence electrons. The number of carbonyl (C=O) groups excluding carboxylic acids is 1. The smallest absolute Gasteiger partial charge is 0.294 e. The molecule has 0 spiro atoms. The molecular weight excluding hydrogens is 353 g/mol. The van der Waals surface area contributed by atoms with Crippen LogP contribution < -0.4 is 0 Å². The molecular formula is C11H9BrClF3OS. The third kappa shape index (κ3) is 4.82. The molecule has 1 aromatic carbocycles. The molecule has 0 aromatic heterocycles. The first-order chi connectivity index (χ1) is 8.37. The van der Waals surface area contributed by atoms with Crippen molar-refractivity contribution in [2.75, 3.05) is 5.88 Å². The number of thioether (sulfide) groups is 1. The third-order valence-electron chi connectivity index (χ3n) is 2.07. The van der Waals surface area contributed by atoms with Crippen molar-refractivity contribution >= 4 is 45.1 Å². The van der Waals surface area contributed by atoms with Crippen molar-refractivity contribution in [3.8, 4) is 0 Å². The molecule has 1 aromatic rings. The van der Waals surface area contributed by atoms with E-state index < -0.39 is 5.51 Å². The minimum Gasteiger partial charge on any atom is -0.294 e. The van der Waals surface area contributed by atoms with Gasteiger partial charge in [-0.3, -0.25) is 4.79 Å². The lowest BCUT2D eigenvalue weighted by Gasteiger charge is -2.10. The van der Waals surface area contributed by atoms with Gasteiger partial charge >= 0.3 is 5.51 Å². The van der Waals surface area contributed by atoms with Crippen LogP contribution in [0.2, 0.25) is 0 Å². The Labute approximate surface area is 120 Å². The topological polar surface area (TPSA) is 17.1 Å². The molecule has 0 amide bonds. The van der Waals surface area contributed by atoms with Gasteiger partial charge < -0.3 is 0 Å². The van der Waals surface area contributed by atoms with Gasteiger partial charge in [0.1, 0.15) is 0 Å². The summed E-state index contributed by atoms with van der Waals surface area (Å²) in [5.74, 6) is 0.0254. The van der Waals surface area contributed by atoms with E-state index in [0.717, 1.165) is 0 Å². The summed E-state index contributed by atoms with van der Waals surface area (Å²) in [6.07, 6.45) is 0.176. The lowest BCUT2D eigenvalue weighted by molar-refractivity contribution is -0.0328. The molecule has 0 bridgehead atoms. The Morgan fingerprint density at radius 2 is 2.06 bits per heavy atom. The molecule has 7 heteroatoms. The number of Topliss-reactive ketones (excluding diaryl/α,β-unsaturated/α-hetero) is 1. The summed E-state index contributed by atoms with van der Waals surface area (Å²) in [5.41, 5.74) is -3.51. The van der Waals surface area contributed by atoms with Gasteiger partial charge in [0.2, 0.25) is 0 Å². The molecule has 0 aliphatic carbocycles. The normalized spacial score (nSPS) is 11.6. The van der Waals surface area contributed by atoms with Crippen molar-refractivity contribution in [2.24, 2.45) is 0 Å². The fourth-order valence-electron chi connectivity index (χ4n) is 1.31. The van der Waals surface area contributed by atoms with E-state index in [1.165, 1.54) is 18.2 Å². The number of carbonyl (C=O) groups is 1. The van der Waals surface area contributed by atoms with Crippen molar-refractivity contribution in [1.29, 1.82) is 0 Å². The highest BCUT2D eigenvalue weighted by Crippen LogP contribution is 2.39. The molecule has 0 unspecified atom stereocenters. The highest BCUT2D eigenvalue weighted by Gasteiger charge is 2.30. The Kier molecular flexibility index (Phi) is 6.01. The Bertz CT molecular complexity index is 437. The standard InChI is InChI=1S/C11H9BrClF3OS/c12-6-8-5-7(9(17)3-4-13)1-2-10(8)18-11(14,15)16/h1-2,5H,3-4,6H2. The van der Waals surface area contributed by atoms with E-state index in [1.807, 2.05) is 0 Å². The van der Waals surface area contributed by atoms with Gasteiger partial charge in [0.15, 0.2) is 5.78 Å². The van der Waals surface area contributed by atoms with Crippen molar-refractivity contribution in [3.05, 3.63) is 29.3 Å². The lowest BCUT2D eigenvalue weighted by atomic mass is 10.1. The van der Waals surface area contributed by atoms with Crippen LogP contribution in [0.15, 0.2) is 23.1 Å². The van der Waals surface area contributed by atoms with E-state index in [0.29, 0.717) is 11.1 Å². The zero-order valence-corrected chi connectivity index (χ0v) is 12.2. The second-order valence-electron chi connectivity index (χ2n) is 3.37. The molecule has 0 saturated heterocycles. The van der Waals surface area contributed by atoms with Crippen LogP contribution in [0.25, 0.3) is 0 Å². The average molecular weight is 362 g/mol. The summed E-state index contributed by atoms with van der Waals surface area (Å²) in [6, 6.07) is 4.18. The van der Waals surface area contributed by atoms with Gasteiger partial charge in [-0.2, -0.15) is 13.2 Å². The Morgan fingerprint density at radius 1 is 1.39 bits per heavy atom. The van der Waals surface area contributed by atoms with Gasteiger partial charge in [-0.15, -0.1) is 11.6 Å². The van der Waals surface area contributed by atoms with Crippen LogP contribution in [-0.2, 0) is 5.33 Å². The van der Waals surface area contributed by atoms with Crippen LogP contribution in [0.1, 0.15) is 22.3 Å². The van der Waals surface area contributed by atoms with Crippen molar-refractivity contribution in [2.45, 2.75) is 22.2 Å². The molecule has 1 nitrogen and oxygen atoms in total. The molecule has 0 fully saturated rings. The monoisotopic (exact) mass is 360 g/mol. The second kappa shape index (κ2) is 6.82. The Hall–Kier alpha value is -0.200. The maximum absolute atomic E-state index is 12.3. The van der Waals surface area contributed by atoms with Crippen LogP contribution in [-0.4, -0.2) is 17.2 Å². The summed E-state index contributed by atoms with van der Waals surface area (Å²) >= 11 is 8.39. The fraction of sp³-hybridized carbons (Fsp3) is 0.364. The predicted octanol–water partition coefficient (Wildman–Crippen LogP) is 5.01. The molecule has 0 aliphatic rings. The van der Waals surface area contributed by atoms with Crippen LogP contribution in [0.3, 0.4) is 0 Å². The van der Waals surface area contributed by atoms with Crippen molar-refractivity contribution < 1.29 is 18.0 Å². The van der Waals surface area contributed by atoms with Gasteiger partial charge in [0, 0.05) is 28.1 Å². The summed E-state index contributed by atoms with van der Waals surface area (Å²) in [5, 5.41) is 0.257. The van der Waals surface area contributed by atoms with Gasteiger partial charge in [0.05, 0.1) is 0 Å². The van der Waals surface area contributed by atoms with E-state index in [-0.39, 0.29) is 40.1 Å². The van der Waals surface area contributed by atoms with Gasteiger partial charge in [-0.1, -0.05) is 22.0 Å². The van der Waals surface area contributed by atoms with Gasteiger partial charge in [-0.05, 0) is 29.5 Å². The second-order valence-corrected chi connectivity index (χ2v) is 5.41. The number of benzene rings is 1. The number of halogens is 5. The molecule has 0 saturated carbocycles. The highest BCUT2D eigenvalue weighted by atomic mass is 79.9. The minimum absolute atomic E-state index is 0.0989. The van der Waals surface area contributed by atoms with Crippen LogP contribution >= 0.6 is 39.3 Å². The van der Waals surface area contributed by atoms with Crippen LogP contribution in [0, 0.1) is 0 Å². The van der Waals surface area contributed by atoms with E-state index in [1.54, 1.807) is 0 Å². The van der Waals surface area contributed by atoms with E-state index in [4.69, 9.17) is 11.6 Å². The molecule has 0 N–H and O–H groups in total. The number of hydrogen-bond acceptors (Lipinski definition) is 2. The third-order valence-corrected chi connectivity index (χ3v) is 3.72.